The van der Waals surface area contributed by atoms with E-state index in [-0.39, 0.29) is 11.2 Å². The van der Waals surface area contributed by atoms with Crippen LogP contribution in [-0.4, -0.2) is 20.2 Å². The van der Waals surface area contributed by atoms with E-state index in [1.165, 1.54) is 11.3 Å². The van der Waals surface area contributed by atoms with E-state index >= 15 is 0 Å². The van der Waals surface area contributed by atoms with Crippen LogP contribution in [0, 0.1) is 0 Å². The van der Waals surface area contributed by atoms with E-state index in [9.17, 15) is 4.79 Å². The Hall–Kier alpha value is -2.61. The number of nitrogens with one attached hydrogen (secondary N) is 2. The molecule has 3 aromatic rings. The summed E-state index contributed by atoms with van der Waals surface area (Å²) in [6.07, 6.45) is 4.91. The number of aromatic nitrogens is 4. The average molecular weight is 272 g/mol. The van der Waals surface area contributed by atoms with Crippen molar-refractivity contribution < 1.29 is 0 Å². The lowest BCUT2D eigenvalue weighted by Crippen LogP contribution is -1.96. The molecule has 2 N–H and O–H groups in total. The molecule has 3 heterocycles. The summed E-state index contributed by atoms with van der Waals surface area (Å²) >= 11 is 1.35. The Morgan fingerprint density at radius 2 is 1.95 bits per heavy atom. The first-order valence-corrected chi connectivity index (χ1v) is 6.25. The molecule has 0 aliphatic carbocycles. The van der Waals surface area contributed by atoms with Crippen molar-refractivity contribution >= 4 is 22.2 Å². The zero-order valence-electron chi connectivity index (χ0n) is 9.57. The monoisotopic (exact) mass is 272 g/mol. The zero-order chi connectivity index (χ0) is 13.1. The van der Waals surface area contributed by atoms with Gasteiger partial charge >= 0.3 is 0 Å². The van der Waals surface area contributed by atoms with Crippen LogP contribution in [0.3, 0.4) is 0 Å². The van der Waals surface area contributed by atoms with Gasteiger partial charge in [-0.25, -0.2) is 4.98 Å². The molecule has 0 aliphatic rings. The van der Waals surface area contributed by atoms with E-state index < -0.39 is 0 Å². The highest BCUT2D eigenvalue weighted by Crippen LogP contribution is 2.26. The summed E-state index contributed by atoms with van der Waals surface area (Å²) in [5, 5.41) is 15.5. The molecule has 0 aromatic carbocycles. The molecule has 0 aliphatic heterocycles. The number of pyridine rings is 1. The molecule has 3 aromatic heterocycles. The Bertz CT molecular complexity index is 743. The molecule has 0 saturated carbocycles. The fraction of sp³-hybridized carbons (Fsp3) is 0. The second-order valence-electron chi connectivity index (χ2n) is 3.55. The van der Waals surface area contributed by atoms with Crippen molar-refractivity contribution in [2.24, 2.45) is 10.2 Å². The molecule has 8 heteroatoms. The molecule has 19 heavy (non-hydrogen) atoms. The molecular formula is C11H8N6OS. The van der Waals surface area contributed by atoms with Gasteiger partial charge in [-0.2, -0.15) is 0 Å². The maximum atomic E-state index is 11.7. The SMILES string of the molecule is O=c1[nH][nH]c(-c2ccncc2)c1N=Nc1nccs1. The first kappa shape index (κ1) is 11.5. The summed E-state index contributed by atoms with van der Waals surface area (Å²) in [5.74, 6) is 0. The normalized spacial score (nSPS) is 11.2. The molecule has 0 atom stereocenters. The largest absolute Gasteiger partial charge is 0.295 e. The number of hydrogen-bond donors (Lipinski definition) is 2. The fourth-order valence-corrected chi connectivity index (χ4v) is 1.99. The highest BCUT2D eigenvalue weighted by atomic mass is 32.1. The van der Waals surface area contributed by atoms with Crippen LogP contribution >= 0.6 is 11.3 Å². The van der Waals surface area contributed by atoms with Gasteiger partial charge in [0, 0.05) is 29.5 Å². The van der Waals surface area contributed by atoms with Crippen LogP contribution in [0.2, 0.25) is 0 Å². The third-order valence-electron chi connectivity index (χ3n) is 2.38. The zero-order valence-corrected chi connectivity index (χ0v) is 10.4. The van der Waals surface area contributed by atoms with Gasteiger partial charge in [0.05, 0.1) is 5.69 Å². The number of azo groups is 1. The Morgan fingerprint density at radius 1 is 1.11 bits per heavy atom. The summed E-state index contributed by atoms with van der Waals surface area (Å²) in [4.78, 5) is 19.6. The van der Waals surface area contributed by atoms with Crippen LogP contribution in [0.25, 0.3) is 11.3 Å². The molecule has 0 amide bonds. The molecule has 0 fully saturated rings. The van der Waals surface area contributed by atoms with Gasteiger partial charge in [-0.15, -0.1) is 21.6 Å². The lowest BCUT2D eigenvalue weighted by molar-refractivity contribution is 1.06. The van der Waals surface area contributed by atoms with Crippen LogP contribution in [0.1, 0.15) is 0 Å². The van der Waals surface area contributed by atoms with Crippen molar-refractivity contribution in [2.45, 2.75) is 0 Å². The average Bonchev–Trinajstić information content (AvgIpc) is 3.07. The molecule has 0 saturated heterocycles. The molecule has 7 nitrogen and oxygen atoms in total. The second-order valence-corrected chi connectivity index (χ2v) is 4.43. The Labute approximate surface area is 111 Å². The van der Waals surface area contributed by atoms with Crippen LogP contribution in [0.5, 0.6) is 0 Å². The summed E-state index contributed by atoms with van der Waals surface area (Å²) in [6.45, 7) is 0. The lowest BCUT2D eigenvalue weighted by Gasteiger charge is -1.96. The van der Waals surface area contributed by atoms with E-state index in [4.69, 9.17) is 0 Å². The van der Waals surface area contributed by atoms with Gasteiger partial charge in [0.1, 0.15) is 0 Å². The van der Waals surface area contributed by atoms with Gasteiger partial charge in [0.25, 0.3) is 5.56 Å². The summed E-state index contributed by atoms with van der Waals surface area (Å²) in [6, 6.07) is 3.56. The van der Waals surface area contributed by atoms with E-state index in [1.54, 1.807) is 36.1 Å². The van der Waals surface area contributed by atoms with Gasteiger partial charge < -0.3 is 0 Å². The number of nitrogens with zero attached hydrogens (tertiary/aromatic N) is 4. The highest BCUT2D eigenvalue weighted by molar-refractivity contribution is 7.13. The highest BCUT2D eigenvalue weighted by Gasteiger charge is 2.11. The van der Waals surface area contributed by atoms with Crippen LogP contribution in [0.4, 0.5) is 10.8 Å². The van der Waals surface area contributed by atoms with E-state index in [2.05, 4.69) is 30.4 Å². The van der Waals surface area contributed by atoms with Gasteiger partial charge in [-0.3, -0.25) is 20.0 Å². The molecule has 0 unspecified atom stereocenters. The van der Waals surface area contributed by atoms with E-state index in [0.29, 0.717) is 10.8 Å². The van der Waals surface area contributed by atoms with Crippen molar-refractivity contribution in [2.75, 3.05) is 0 Å². The maximum Gasteiger partial charge on any atom is 0.292 e. The predicted octanol–water partition coefficient (Wildman–Crippen LogP) is 2.64. The standard InChI is InChI=1S/C11H8N6OS/c18-10-9(15-17-11-13-5-6-19-11)8(14-16-10)7-1-3-12-4-2-7/h1-6H,(H2,14,16,18). The summed E-state index contributed by atoms with van der Waals surface area (Å²) < 4.78 is 0. The lowest BCUT2D eigenvalue weighted by atomic mass is 10.2. The Balaban J connectivity index is 2.02. The first-order chi connectivity index (χ1) is 9.34. The molecule has 0 spiro atoms. The van der Waals surface area contributed by atoms with Crippen molar-refractivity contribution in [1.29, 1.82) is 0 Å². The summed E-state index contributed by atoms with van der Waals surface area (Å²) in [7, 11) is 0. The first-order valence-electron chi connectivity index (χ1n) is 5.37. The molecule has 3 rings (SSSR count). The van der Waals surface area contributed by atoms with E-state index in [1.807, 2.05) is 0 Å². The summed E-state index contributed by atoms with van der Waals surface area (Å²) in [5.41, 5.74) is 1.28. The van der Waals surface area contributed by atoms with Gasteiger partial charge in [0.15, 0.2) is 5.69 Å². The Kier molecular flexibility index (Phi) is 2.99. The number of aromatic amines is 2. The number of H-pyrrole nitrogens is 2. The molecule has 0 radical (unpaired) electrons. The molecule has 0 bridgehead atoms. The topological polar surface area (TPSA) is 99.2 Å². The van der Waals surface area contributed by atoms with Crippen molar-refractivity contribution in [3.05, 3.63) is 46.5 Å². The maximum absolute atomic E-state index is 11.7. The van der Waals surface area contributed by atoms with Gasteiger partial charge in [0.2, 0.25) is 5.13 Å². The minimum atomic E-state index is -0.327. The third kappa shape index (κ3) is 2.33. The molecule has 94 valence electrons. The minimum Gasteiger partial charge on any atom is -0.295 e. The predicted molar refractivity (Wildman–Crippen MR) is 70.9 cm³/mol. The van der Waals surface area contributed by atoms with E-state index in [0.717, 1.165) is 5.56 Å². The molecular weight excluding hydrogens is 264 g/mol. The number of rotatable bonds is 3. The van der Waals surface area contributed by atoms with Crippen LogP contribution in [-0.2, 0) is 0 Å². The van der Waals surface area contributed by atoms with Gasteiger partial charge in [-0.1, -0.05) is 0 Å². The number of hydrogen-bond acceptors (Lipinski definition) is 6. The fourth-order valence-electron chi connectivity index (χ4n) is 1.53. The number of thiazole rings is 1. The van der Waals surface area contributed by atoms with Crippen molar-refractivity contribution in [3.63, 3.8) is 0 Å². The minimum absolute atomic E-state index is 0.224. The van der Waals surface area contributed by atoms with Crippen LogP contribution < -0.4 is 5.56 Å². The second kappa shape index (κ2) is 4.94. The third-order valence-corrected chi connectivity index (χ3v) is 3.03. The Morgan fingerprint density at radius 3 is 2.68 bits per heavy atom. The smallest absolute Gasteiger partial charge is 0.292 e. The van der Waals surface area contributed by atoms with Crippen LogP contribution in [0.15, 0.2) is 51.1 Å². The quantitative estimate of drug-likeness (QED) is 0.717. The van der Waals surface area contributed by atoms with Crippen molar-refractivity contribution in [3.8, 4) is 11.3 Å². The van der Waals surface area contributed by atoms with Gasteiger partial charge in [-0.05, 0) is 12.1 Å². The van der Waals surface area contributed by atoms with Crippen molar-refractivity contribution in [1.82, 2.24) is 20.2 Å².